The molecular weight excluding hydrogens is 332 g/mol. The van der Waals surface area contributed by atoms with Crippen molar-refractivity contribution in [3.8, 4) is 0 Å². The fourth-order valence-corrected chi connectivity index (χ4v) is 2.99. The number of hydrogen-bond donors (Lipinski definition) is 0. The van der Waals surface area contributed by atoms with Gasteiger partial charge in [-0.15, -0.1) is 0 Å². The van der Waals surface area contributed by atoms with Crippen molar-refractivity contribution in [1.82, 2.24) is 9.80 Å². The number of urea groups is 1. The van der Waals surface area contributed by atoms with Crippen molar-refractivity contribution < 1.29 is 19.1 Å². The summed E-state index contributed by atoms with van der Waals surface area (Å²) in [5.41, 5.74) is 1.80. The highest BCUT2D eigenvalue weighted by atomic mass is 16.5. The zero-order valence-corrected chi connectivity index (χ0v) is 16.4. The van der Waals surface area contributed by atoms with Gasteiger partial charge in [0.15, 0.2) is 0 Å². The molecule has 1 atom stereocenters. The molecule has 0 spiro atoms. The van der Waals surface area contributed by atoms with Crippen LogP contribution in [0, 0.1) is 0 Å². The first kappa shape index (κ1) is 20.2. The van der Waals surface area contributed by atoms with E-state index in [9.17, 15) is 9.59 Å². The Bertz CT molecular complexity index is 627. The molecule has 0 aliphatic carbocycles. The van der Waals surface area contributed by atoms with Crippen LogP contribution >= 0.6 is 0 Å². The van der Waals surface area contributed by atoms with E-state index in [1.165, 1.54) is 5.56 Å². The van der Waals surface area contributed by atoms with Crippen LogP contribution in [-0.2, 0) is 14.9 Å². The van der Waals surface area contributed by atoms with Gasteiger partial charge in [-0.05, 0) is 36.5 Å². The van der Waals surface area contributed by atoms with E-state index in [1.54, 1.807) is 16.9 Å². The lowest BCUT2D eigenvalue weighted by molar-refractivity contribution is -0.0204. The van der Waals surface area contributed by atoms with Crippen LogP contribution in [0.2, 0.25) is 0 Å². The van der Waals surface area contributed by atoms with Crippen LogP contribution < -0.4 is 0 Å². The average Bonchev–Trinajstić information content (AvgIpc) is 2.64. The number of carbonyl (C=O) groups excluding carboxylic acids is 2. The molecule has 1 aliphatic heterocycles. The standard InChI is InChI=1S/C20H30N2O4/c1-6-20(3,4)16-10-8-15(9-11-16)18(23)26-17-12-21(7-2)19(24)22(13-17)14-25-5/h8-11,17H,6-7,12-14H2,1-5H3. The monoisotopic (exact) mass is 362 g/mol. The lowest BCUT2D eigenvalue weighted by Crippen LogP contribution is -2.56. The highest BCUT2D eigenvalue weighted by molar-refractivity contribution is 5.89. The van der Waals surface area contributed by atoms with Crippen LogP contribution in [0.15, 0.2) is 24.3 Å². The fraction of sp³-hybridized carbons (Fsp3) is 0.600. The smallest absolute Gasteiger partial charge is 0.338 e. The molecule has 26 heavy (non-hydrogen) atoms. The molecule has 1 aliphatic rings. The second-order valence-electron chi connectivity index (χ2n) is 7.30. The largest absolute Gasteiger partial charge is 0.455 e. The van der Waals surface area contributed by atoms with Gasteiger partial charge >= 0.3 is 12.0 Å². The third-order valence-corrected chi connectivity index (χ3v) is 5.12. The minimum absolute atomic E-state index is 0.0778. The number of esters is 1. The van der Waals surface area contributed by atoms with E-state index in [2.05, 4.69) is 20.8 Å². The Hall–Kier alpha value is -2.08. The SMILES string of the molecule is CCN1CC(OC(=O)c2ccc(C(C)(C)CC)cc2)CN(COC)C1=O. The molecule has 6 nitrogen and oxygen atoms in total. The van der Waals surface area contributed by atoms with E-state index in [1.807, 2.05) is 31.2 Å². The van der Waals surface area contributed by atoms with Gasteiger partial charge in [0.25, 0.3) is 0 Å². The molecule has 0 N–H and O–H groups in total. The van der Waals surface area contributed by atoms with Crippen LogP contribution in [0.3, 0.4) is 0 Å². The number of carbonyl (C=O) groups is 2. The minimum atomic E-state index is -0.373. The summed E-state index contributed by atoms with van der Waals surface area (Å²) >= 11 is 0. The summed E-state index contributed by atoms with van der Waals surface area (Å²) in [7, 11) is 1.54. The van der Waals surface area contributed by atoms with Crippen molar-refractivity contribution in [2.24, 2.45) is 0 Å². The zero-order chi connectivity index (χ0) is 19.3. The highest BCUT2D eigenvalue weighted by Crippen LogP contribution is 2.27. The predicted octanol–water partition coefficient (Wildman–Crippen LogP) is 3.26. The van der Waals surface area contributed by atoms with Crippen LogP contribution in [0.25, 0.3) is 0 Å². The van der Waals surface area contributed by atoms with Crippen LogP contribution in [0.4, 0.5) is 4.79 Å². The maximum absolute atomic E-state index is 12.5. The summed E-state index contributed by atoms with van der Waals surface area (Å²) in [6, 6.07) is 7.51. The fourth-order valence-electron chi connectivity index (χ4n) is 2.99. The van der Waals surface area contributed by atoms with Crippen LogP contribution in [-0.4, -0.2) is 61.4 Å². The second-order valence-corrected chi connectivity index (χ2v) is 7.30. The quantitative estimate of drug-likeness (QED) is 0.699. The number of benzene rings is 1. The molecule has 0 saturated carbocycles. The van der Waals surface area contributed by atoms with Crippen LogP contribution in [0.5, 0.6) is 0 Å². The van der Waals surface area contributed by atoms with E-state index in [0.717, 1.165) is 6.42 Å². The van der Waals surface area contributed by atoms with Crippen molar-refractivity contribution in [3.63, 3.8) is 0 Å². The van der Waals surface area contributed by atoms with Crippen LogP contribution in [0.1, 0.15) is 50.0 Å². The highest BCUT2D eigenvalue weighted by Gasteiger charge is 2.33. The van der Waals surface area contributed by atoms with Crippen molar-refractivity contribution in [2.75, 3.05) is 33.5 Å². The summed E-state index contributed by atoms with van der Waals surface area (Å²) < 4.78 is 10.7. The maximum atomic E-state index is 12.5. The van der Waals surface area contributed by atoms with E-state index in [-0.39, 0.29) is 30.3 Å². The molecule has 1 unspecified atom stereocenters. The van der Waals surface area contributed by atoms with Crippen molar-refractivity contribution in [3.05, 3.63) is 35.4 Å². The Balaban J connectivity index is 2.05. The Morgan fingerprint density at radius 3 is 2.31 bits per heavy atom. The van der Waals surface area contributed by atoms with Gasteiger partial charge in [-0.1, -0.05) is 32.9 Å². The van der Waals surface area contributed by atoms with E-state index in [0.29, 0.717) is 25.2 Å². The summed E-state index contributed by atoms with van der Waals surface area (Å²) in [6.07, 6.45) is 0.650. The first-order valence-corrected chi connectivity index (χ1v) is 9.16. The summed E-state index contributed by atoms with van der Waals surface area (Å²) in [6.45, 7) is 9.92. The van der Waals surface area contributed by atoms with Gasteiger partial charge in [0, 0.05) is 13.7 Å². The zero-order valence-electron chi connectivity index (χ0n) is 16.4. The first-order valence-electron chi connectivity index (χ1n) is 9.16. The first-order chi connectivity index (χ1) is 12.3. The van der Waals surface area contributed by atoms with E-state index < -0.39 is 0 Å². The van der Waals surface area contributed by atoms with Crippen molar-refractivity contribution >= 4 is 12.0 Å². The molecule has 0 radical (unpaired) electrons. The van der Waals surface area contributed by atoms with Gasteiger partial charge in [0.1, 0.15) is 12.8 Å². The van der Waals surface area contributed by atoms with Gasteiger partial charge in [-0.25, -0.2) is 9.59 Å². The molecule has 2 rings (SSSR count). The Labute approximate surface area is 156 Å². The summed E-state index contributed by atoms with van der Waals surface area (Å²) in [4.78, 5) is 28.0. The van der Waals surface area contributed by atoms with Gasteiger partial charge in [0.05, 0.1) is 18.7 Å². The van der Waals surface area contributed by atoms with Crippen molar-refractivity contribution in [1.29, 1.82) is 0 Å². The molecule has 1 fully saturated rings. The third-order valence-electron chi connectivity index (χ3n) is 5.12. The molecule has 144 valence electrons. The number of likely N-dealkylation sites (N-methyl/N-ethyl adjacent to an activating group) is 1. The lowest BCUT2D eigenvalue weighted by atomic mass is 9.82. The molecule has 1 saturated heterocycles. The van der Waals surface area contributed by atoms with Gasteiger partial charge < -0.3 is 14.4 Å². The molecule has 1 aromatic carbocycles. The average molecular weight is 362 g/mol. The topological polar surface area (TPSA) is 59.1 Å². The Kier molecular flexibility index (Phi) is 6.64. The Morgan fingerprint density at radius 1 is 1.15 bits per heavy atom. The number of ether oxygens (including phenoxy) is 2. The number of hydrogen-bond acceptors (Lipinski definition) is 4. The normalized spacial score (nSPS) is 18.2. The molecule has 0 aromatic heterocycles. The van der Waals surface area contributed by atoms with E-state index >= 15 is 0 Å². The molecular formula is C20H30N2O4. The summed E-state index contributed by atoms with van der Waals surface area (Å²) in [5.74, 6) is -0.362. The number of nitrogens with zero attached hydrogens (tertiary/aromatic N) is 2. The second kappa shape index (κ2) is 8.54. The minimum Gasteiger partial charge on any atom is -0.455 e. The molecule has 2 amide bonds. The number of methoxy groups -OCH3 is 1. The molecule has 0 bridgehead atoms. The molecule has 1 aromatic rings. The third kappa shape index (κ3) is 4.55. The number of rotatable bonds is 7. The van der Waals surface area contributed by atoms with E-state index in [4.69, 9.17) is 9.47 Å². The lowest BCUT2D eigenvalue weighted by Gasteiger charge is -2.38. The van der Waals surface area contributed by atoms with Gasteiger partial charge in [-0.3, -0.25) is 4.90 Å². The molecule has 6 heteroatoms. The molecule has 1 heterocycles. The Morgan fingerprint density at radius 2 is 1.77 bits per heavy atom. The summed E-state index contributed by atoms with van der Waals surface area (Å²) in [5, 5.41) is 0. The predicted molar refractivity (Wildman–Crippen MR) is 100 cm³/mol. The maximum Gasteiger partial charge on any atom is 0.338 e. The number of amides is 2. The van der Waals surface area contributed by atoms with Gasteiger partial charge in [-0.2, -0.15) is 0 Å². The van der Waals surface area contributed by atoms with Gasteiger partial charge in [0.2, 0.25) is 0 Å². The van der Waals surface area contributed by atoms with Crippen molar-refractivity contribution in [2.45, 2.75) is 45.6 Å².